The van der Waals surface area contributed by atoms with Gasteiger partial charge in [0.2, 0.25) is 15.9 Å². The van der Waals surface area contributed by atoms with Crippen molar-refractivity contribution in [3.05, 3.63) is 65.7 Å². The van der Waals surface area contributed by atoms with E-state index in [9.17, 15) is 18.0 Å². The van der Waals surface area contributed by atoms with Crippen molar-refractivity contribution >= 4 is 28.1 Å². The molecule has 1 aliphatic heterocycles. The summed E-state index contributed by atoms with van der Waals surface area (Å²) in [5, 5.41) is 13.0. The molecule has 1 aliphatic rings. The van der Waals surface area contributed by atoms with Gasteiger partial charge in [0.15, 0.2) is 0 Å². The fourth-order valence-electron chi connectivity index (χ4n) is 3.16. The van der Waals surface area contributed by atoms with Crippen LogP contribution in [0.2, 0.25) is 0 Å². The Bertz CT molecular complexity index is 1010. The summed E-state index contributed by atoms with van der Waals surface area (Å²) in [4.78, 5) is 23.7. The molecule has 0 atom stereocenters. The van der Waals surface area contributed by atoms with Crippen molar-refractivity contribution in [1.29, 1.82) is 0 Å². The number of carboxylic acid groups (broad SMARTS) is 1. The molecule has 1 saturated heterocycles. The molecule has 9 heteroatoms. The Hall–Kier alpha value is -3.04. The molecule has 2 N–H and O–H groups in total. The predicted octanol–water partition coefficient (Wildman–Crippen LogP) is 1.94. The van der Waals surface area contributed by atoms with Crippen molar-refractivity contribution in [3.63, 3.8) is 0 Å². The third-order valence-corrected chi connectivity index (χ3v) is 6.69. The quantitative estimate of drug-likeness (QED) is 0.552. The van der Waals surface area contributed by atoms with Crippen molar-refractivity contribution in [2.24, 2.45) is 11.0 Å². The van der Waals surface area contributed by atoms with Gasteiger partial charge in [-0.25, -0.2) is 18.6 Å². The molecule has 0 saturated carbocycles. The molecular formula is C20H21N3O5S. The molecule has 2 aromatic carbocycles. The molecule has 1 heterocycles. The molecule has 0 unspecified atom stereocenters. The maximum atomic E-state index is 12.6. The smallest absolute Gasteiger partial charge is 0.336 e. The van der Waals surface area contributed by atoms with E-state index >= 15 is 0 Å². The van der Waals surface area contributed by atoms with Crippen LogP contribution >= 0.6 is 0 Å². The van der Waals surface area contributed by atoms with Gasteiger partial charge < -0.3 is 5.11 Å². The molecule has 8 nitrogen and oxygen atoms in total. The molecule has 2 aromatic rings. The van der Waals surface area contributed by atoms with E-state index in [1.54, 1.807) is 48.5 Å². The zero-order valence-corrected chi connectivity index (χ0v) is 16.4. The summed E-state index contributed by atoms with van der Waals surface area (Å²) >= 11 is 0. The van der Waals surface area contributed by atoms with Crippen LogP contribution in [-0.2, 0) is 14.8 Å². The van der Waals surface area contributed by atoms with Gasteiger partial charge in [0.25, 0.3) is 0 Å². The lowest BCUT2D eigenvalue weighted by Gasteiger charge is -2.30. The fraction of sp³-hybridized carbons (Fsp3) is 0.250. The number of carbonyl (C=O) groups excluding carboxylic acids is 1. The first-order valence-corrected chi connectivity index (χ1v) is 10.5. The Morgan fingerprint density at radius 2 is 1.66 bits per heavy atom. The van der Waals surface area contributed by atoms with Crippen LogP contribution in [-0.4, -0.2) is 49.0 Å². The molecule has 1 fully saturated rings. The monoisotopic (exact) mass is 415 g/mol. The van der Waals surface area contributed by atoms with Gasteiger partial charge in [-0.1, -0.05) is 36.4 Å². The largest absolute Gasteiger partial charge is 0.478 e. The number of carboxylic acids is 1. The number of rotatable bonds is 6. The average molecular weight is 415 g/mol. The van der Waals surface area contributed by atoms with Crippen LogP contribution in [0.3, 0.4) is 0 Å². The highest BCUT2D eigenvalue weighted by molar-refractivity contribution is 7.89. The number of aromatic carboxylic acids is 1. The van der Waals surface area contributed by atoms with Gasteiger partial charge in [0, 0.05) is 24.6 Å². The van der Waals surface area contributed by atoms with Gasteiger partial charge in [-0.3, -0.25) is 4.79 Å². The van der Waals surface area contributed by atoms with E-state index in [4.69, 9.17) is 5.11 Å². The van der Waals surface area contributed by atoms with Crippen LogP contribution in [0.25, 0.3) is 0 Å². The van der Waals surface area contributed by atoms with Gasteiger partial charge >= 0.3 is 5.97 Å². The maximum Gasteiger partial charge on any atom is 0.336 e. The lowest BCUT2D eigenvalue weighted by Crippen LogP contribution is -2.42. The van der Waals surface area contributed by atoms with Gasteiger partial charge in [-0.15, -0.1) is 0 Å². The Kier molecular flexibility index (Phi) is 6.40. The molecular weight excluding hydrogens is 394 g/mol. The third kappa shape index (κ3) is 4.87. The number of sulfonamides is 1. The summed E-state index contributed by atoms with van der Waals surface area (Å²) in [6, 6.07) is 14.5. The summed E-state index contributed by atoms with van der Waals surface area (Å²) < 4.78 is 26.7. The average Bonchev–Trinajstić information content (AvgIpc) is 2.74. The summed E-state index contributed by atoms with van der Waals surface area (Å²) in [5.41, 5.74) is 2.89. The first kappa shape index (κ1) is 20.7. The standard InChI is InChI=1S/C20H21N3O5S/c24-19(22-21-14-16-6-4-5-9-18(16)20(25)26)15-10-12-23(13-11-15)29(27,28)17-7-2-1-3-8-17/h1-9,14-15H,10-13H2,(H,22,24)(H,25,26)/b21-14-. The van der Waals surface area contributed by atoms with E-state index in [2.05, 4.69) is 10.5 Å². The van der Waals surface area contributed by atoms with E-state index in [1.165, 1.54) is 16.6 Å². The Labute approximate surface area is 168 Å². The van der Waals surface area contributed by atoms with Crippen molar-refractivity contribution in [3.8, 4) is 0 Å². The zero-order chi connectivity index (χ0) is 20.9. The van der Waals surface area contributed by atoms with Crippen LogP contribution in [0, 0.1) is 5.92 Å². The van der Waals surface area contributed by atoms with Crippen LogP contribution in [0.1, 0.15) is 28.8 Å². The summed E-state index contributed by atoms with van der Waals surface area (Å²) in [7, 11) is -3.56. The van der Waals surface area contributed by atoms with E-state index in [1.807, 2.05) is 0 Å². The number of amides is 1. The van der Waals surface area contributed by atoms with Crippen LogP contribution in [0.15, 0.2) is 64.6 Å². The number of benzene rings is 2. The molecule has 0 spiro atoms. The van der Waals surface area contributed by atoms with Crippen LogP contribution in [0.5, 0.6) is 0 Å². The number of nitrogens with one attached hydrogen (secondary N) is 1. The summed E-state index contributed by atoms with van der Waals surface area (Å²) in [5.74, 6) is -1.75. The Balaban J connectivity index is 1.56. The second kappa shape index (κ2) is 8.97. The highest BCUT2D eigenvalue weighted by Crippen LogP contribution is 2.23. The summed E-state index contributed by atoms with van der Waals surface area (Å²) in [6.45, 7) is 0.502. The molecule has 1 amide bonds. The fourth-order valence-corrected chi connectivity index (χ4v) is 4.65. The van der Waals surface area contributed by atoms with Gasteiger partial charge in [0.05, 0.1) is 16.7 Å². The number of hydrogen-bond donors (Lipinski definition) is 2. The lowest BCUT2D eigenvalue weighted by molar-refractivity contribution is -0.126. The van der Waals surface area contributed by atoms with Crippen molar-refractivity contribution in [2.45, 2.75) is 17.7 Å². The Morgan fingerprint density at radius 3 is 2.31 bits per heavy atom. The molecule has 3 rings (SSSR count). The van der Waals surface area contributed by atoms with Crippen molar-refractivity contribution in [1.82, 2.24) is 9.73 Å². The number of hydrazone groups is 1. The van der Waals surface area contributed by atoms with E-state index < -0.39 is 16.0 Å². The molecule has 29 heavy (non-hydrogen) atoms. The van der Waals surface area contributed by atoms with E-state index in [0.29, 0.717) is 18.4 Å². The van der Waals surface area contributed by atoms with Crippen LogP contribution in [0.4, 0.5) is 0 Å². The van der Waals surface area contributed by atoms with E-state index in [-0.39, 0.29) is 35.4 Å². The van der Waals surface area contributed by atoms with Crippen LogP contribution < -0.4 is 5.43 Å². The van der Waals surface area contributed by atoms with Gasteiger partial charge in [0.1, 0.15) is 0 Å². The Morgan fingerprint density at radius 1 is 1.03 bits per heavy atom. The highest BCUT2D eigenvalue weighted by atomic mass is 32.2. The van der Waals surface area contributed by atoms with Crippen molar-refractivity contribution < 1.29 is 23.1 Å². The second-order valence-electron chi connectivity index (χ2n) is 6.62. The molecule has 0 aromatic heterocycles. The topological polar surface area (TPSA) is 116 Å². The number of carbonyl (C=O) groups is 2. The minimum atomic E-state index is -3.56. The van der Waals surface area contributed by atoms with Crippen molar-refractivity contribution in [2.75, 3.05) is 13.1 Å². The lowest BCUT2D eigenvalue weighted by atomic mass is 9.98. The number of piperidine rings is 1. The number of hydrogen-bond acceptors (Lipinski definition) is 5. The normalized spacial score (nSPS) is 16.0. The first-order chi connectivity index (χ1) is 13.9. The highest BCUT2D eigenvalue weighted by Gasteiger charge is 2.31. The maximum absolute atomic E-state index is 12.6. The second-order valence-corrected chi connectivity index (χ2v) is 8.56. The third-order valence-electron chi connectivity index (χ3n) is 4.78. The predicted molar refractivity (Wildman–Crippen MR) is 107 cm³/mol. The molecule has 0 bridgehead atoms. The van der Waals surface area contributed by atoms with E-state index in [0.717, 1.165) is 0 Å². The number of nitrogens with zero attached hydrogens (tertiary/aromatic N) is 2. The van der Waals surface area contributed by atoms with Gasteiger partial charge in [-0.2, -0.15) is 9.41 Å². The first-order valence-electron chi connectivity index (χ1n) is 9.10. The van der Waals surface area contributed by atoms with Gasteiger partial charge in [-0.05, 0) is 31.0 Å². The molecule has 0 aliphatic carbocycles. The minimum Gasteiger partial charge on any atom is -0.478 e. The molecule has 0 radical (unpaired) electrons. The minimum absolute atomic E-state index is 0.0879. The SMILES string of the molecule is O=C(O)c1ccccc1/C=N\NC(=O)C1CCN(S(=O)(=O)c2ccccc2)CC1. The zero-order valence-electron chi connectivity index (χ0n) is 15.6. The molecule has 152 valence electrons. The summed E-state index contributed by atoms with van der Waals surface area (Å²) in [6.07, 6.45) is 2.06.